The summed E-state index contributed by atoms with van der Waals surface area (Å²) in [5.41, 5.74) is -0.952. The first-order chi connectivity index (χ1) is 12.0. The molecule has 0 aromatic carbocycles. The summed E-state index contributed by atoms with van der Waals surface area (Å²) in [6.07, 6.45) is -0.0433. The van der Waals surface area contributed by atoms with Crippen LogP contribution in [0.5, 0.6) is 0 Å². The van der Waals surface area contributed by atoms with E-state index >= 15 is 0 Å². The summed E-state index contributed by atoms with van der Waals surface area (Å²) in [6.45, 7) is 16.8. The number of carbonyl (C=O) groups is 3. The molecule has 0 radical (unpaired) electrons. The van der Waals surface area contributed by atoms with E-state index in [2.05, 4.69) is 10.6 Å². The monoisotopic (exact) mass is 386 g/mol. The maximum absolute atomic E-state index is 12.6. The Kier molecular flexibility index (Phi) is 9.29. The van der Waals surface area contributed by atoms with Crippen LogP contribution in [0, 0.1) is 17.3 Å². The molecule has 0 unspecified atom stereocenters. The predicted octanol–water partition coefficient (Wildman–Crippen LogP) is 3.57. The number of hydrogen-bond donors (Lipinski definition) is 3. The molecule has 0 bridgehead atoms. The summed E-state index contributed by atoms with van der Waals surface area (Å²) < 4.78 is 5.17. The van der Waals surface area contributed by atoms with Gasteiger partial charge in [-0.2, -0.15) is 0 Å². The van der Waals surface area contributed by atoms with Crippen molar-refractivity contribution >= 4 is 18.0 Å². The maximum Gasteiger partial charge on any atom is 0.408 e. The smallest absolute Gasteiger partial charge is 0.408 e. The Labute approximate surface area is 163 Å². The Bertz CT molecular complexity index is 517. The predicted molar refractivity (Wildman–Crippen MR) is 105 cm³/mol. The van der Waals surface area contributed by atoms with Gasteiger partial charge in [0.2, 0.25) is 5.91 Å². The van der Waals surface area contributed by atoms with Gasteiger partial charge in [-0.1, -0.05) is 34.6 Å². The van der Waals surface area contributed by atoms with Gasteiger partial charge in [0.05, 0.1) is 6.42 Å². The number of alkyl carbamates (subject to hydrolysis) is 1. The fourth-order valence-electron chi connectivity index (χ4n) is 2.93. The van der Waals surface area contributed by atoms with E-state index < -0.39 is 23.7 Å². The zero-order valence-electron chi connectivity index (χ0n) is 18.3. The van der Waals surface area contributed by atoms with E-state index in [4.69, 9.17) is 4.74 Å². The van der Waals surface area contributed by atoms with Crippen LogP contribution in [-0.4, -0.2) is 40.8 Å². The van der Waals surface area contributed by atoms with E-state index in [1.807, 2.05) is 34.6 Å². The van der Waals surface area contributed by atoms with Crippen molar-refractivity contribution in [2.45, 2.75) is 92.8 Å². The molecule has 7 heteroatoms. The zero-order chi connectivity index (χ0) is 21.6. The van der Waals surface area contributed by atoms with Gasteiger partial charge in [0.25, 0.3) is 0 Å². The van der Waals surface area contributed by atoms with Crippen LogP contribution < -0.4 is 10.6 Å². The average molecular weight is 387 g/mol. The lowest BCUT2D eigenvalue weighted by Gasteiger charge is -2.38. The van der Waals surface area contributed by atoms with E-state index in [1.165, 1.54) is 0 Å². The van der Waals surface area contributed by atoms with Gasteiger partial charge in [-0.25, -0.2) is 4.79 Å². The van der Waals surface area contributed by atoms with Gasteiger partial charge in [0.15, 0.2) is 0 Å². The van der Waals surface area contributed by atoms with Crippen molar-refractivity contribution in [1.29, 1.82) is 0 Å². The summed E-state index contributed by atoms with van der Waals surface area (Å²) in [7, 11) is 0. The zero-order valence-corrected chi connectivity index (χ0v) is 18.3. The van der Waals surface area contributed by atoms with E-state index in [9.17, 15) is 19.5 Å². The van der Waals surface area contributed by atoms with Crippen LogP contribution in [0.1, 0.15) is 75.2 Å². The van der Waals surface area contributed by atoms with E-state index in [0.717, 1.165) is 0 Å². The first-order valence-electron chi connectivity index (χ1n) is 9.54. The molecule has 27 heavy (non-hydrogen) atoms. The molecule has 0 aliphatic rings. The number of ether oxygens (including phenoxy) is 1. The molecule has 0 spiro atoms. The second-order valence-electron chi connectivity index (χ2n) is 9.68. The second kappa shape index (κ2) is 9.95. The molecule has 0 rings (SSSR count). The Morgan fingerprint density at radius 1 is 0.963 bits per heavy atom. The summed E-state index contributed by atoms with van der Waals surface area (Å²) in [6, 6.07) is -1.10. The van der Waals surface area contributed by atoms with Crippen LogP contribution in [0.2, 0.25) is 0 Å². The largest absolute Gasteiger partial charge is 0.481 e. The number of rotatable bonds is 8. The van der Waals surface area contributed by atoms with Crippen molar-refractivity contribution in [3.63, 3.8) is 0 Å². The summed E-state index contributed by atoms with van der Waals surface area (Å²) >= 11 is 0. The minimum atomic E-state index is -0.891. The maximum atomic E-state index is 12.6. The van der Waals surface area contributed by atoms with Crippen molar-refractivity contribution in [3.05, 3.63) is 0 Å². The molecule has 158 valence electrons. The number of carbonyl (C=O) groups excluding carboxylic acids is 2. The van der Waals surface area contributed by atoms with Crippen LogP contribution in [0.3, 0.4) is 0 Å². The van der Waals surface area contributed by atoms with Crippen LogP contribution in [-0.2, 0) is 14.3 Å². The van der Waals surface area contributed by atoms with Crippen LogP contribution >= 0.6 is 0 Å². The van der Waals surface area contributed by atoms with Crippen LogP contribution in [0.4, 0.5) is 4.79 Å². The molecule has 0 aliphatic heterocycles. The first-order valence-corrected chi connectivity index (χ1v) is 9.54. The minimum absolute atomic E-state index is 0.0327. The molecule has 0 aromatic heterocycles. The molecule has 0 heterocycles. The fraction of sp³-hybridized carbons (Fsp3) is 0.850. The molecule has 0 aromatic rings. The van der Waals surface area contributed by atoms with E-state index in [-0.39, 0.29) is 35.6 Å². The van der Waals surface area contributed by atoms with Crippen molar-refractivity contribution < 1.29 is 24.2 Å². The highest BCUT2D eigenvalue weighted by Crippen LogP contribution is 2.34. The molecule has 0 saturated carbocycles. The van der Waals surface area contributed by atoms with Gasteiger partial charge in [-0.05, 0) is 51.4 Å². The molecule has 3 N–H and O–H groups in total. The van der Waals surface area contributed by atoms with Gasteiger partial charge < -0.3 is 20.5 Å². The molecular weight excluding hydrogens is 348 g/mol. The molecule has 3 atom stereocenters. The second-order valence-corrected chi connectivity index (χ2v) is 9.68. The Balaban J connectivity index is 5.23. The summed E-state index contributed by atoms with van der Waals surface area (Å²) in [5, 5.41) is 14.8. The van der Waals surface area contributed by atoms with E-state index in [1.54, 1.807) is 27.7 Å². The molecule has 0 fully saturated rings. The summed E-state index contributed by atoms with van der Waals surface area (Å²) in [5.74, 6) is -1.21. The highest BCUT2D eigenvalue weighted by molar-refractivity contribution is 5.85. The van der Waals surface area contributed by atoms with Crippen molar-refractivity contribution in [2.24, 2.45) is 17.3 Å². The van der Waals surface area contributed by atoms with Crippen LogP contribution in [0.25, 0.3) is 0 Å². The SMILES string of the molecule is CC(C)C[C@H](NC(=O)[C@H](C)NC(=O)OC(C)(C)C)[C@@H](CC(=O)O)C(C)(C)C. The molecular formula is C20H38N2O5. The molecule has 0 aliphatic carbocycles. The molecule has 0 saturated heterocycles. The molecule has 7 nitrogen and oxygen atoms in total. The van der Waals surface area contributed by atoms with Crippen molar-refractivity contribution in [3.8, 4) is 0 Å². The van der Waals surface area contributed by atoms with Gasteiger partial charge in [-0.3, -0.25) is 9.59 Å². The topological polar surface area (TPSA) is 105 Å². The number of nitrogens with one attached hydrogen (secondary N) is 2. The fourth-order valence-corrected chi connectivity index (χ4v) is 2.93. The van der Waals surface area contributed by atoms with E-state index in [0.29, 0.717) is 6.42 Å². The minimum Gasteiger partial charge on any atom is -0.481 e. The van der Waals surface area contributed by atoms with Gasteiger partial charge in [0, 0.05) is 6.04 Å². The highest BCUT2D eigenvalue weighted by atomic mass is 16.6. The number of carboxylic acids is 1. The third-order valence-electron chi connectivity index (χ3n) is 4.17. The Morgan fingerprint density at radius 3 is 1.85 bits per heavy atom. The number of amides is 2. The number of hydrogen-bond acceptors (Lipinski definition) is 4. The summed E-state index contributed by atoms with van der Waals surface area (Å²) in [4.78, 5) is 35.9. The Hall–Kier alpha value is -1.79. The number of carboxylic acid groups (broad SMARTS) is 1. The molecule has 2 amide bonds. The first kappa shape index (κ1) is 25.2. The normalized spacial score (nSPS) is 15.6. The average Bonchev–Trinajstić information content (AvgIpc) is 2.39. The van der Waals surface area contributed by atoms with Crippen molar-refractivity contribution in [1.82, 2.24) is 10.6 Å². The lowest BCUT2D eigenvalue weighted by atomic mass is 9.72. The lowest BCUT2D eigenvalue weighted by molar-refractivity contribution is -0.140. The standard InChI is InChI=1S/C20H38N2O5/c1-12(2)10-15(14(11-16(23)24)19(4,5)6)22-17(25)13(3)21-18(26)27-20(7,8)9/h12-15H,10-11H2,1-9H3,(H,21,26)(H,22,25)(H,23,24)/t13-,14+,15-/m0/s1. The lowest BCUT2D eigenvalue weighted by Crippen LogP contribution is -2.53. The Morgan fingerprint density at radius 2 is 1.48 bits per heavy atom. The quantitative estimate of drug-likeness (QED) is 0.591. The highest BCUT2D eigenvalue weighted by Gasteiger charge is 2.36. The van der Waals surface area contributed by atoms with Gasteiger partial charge in [0.1, 0.15) is 11.6 Å². The van der Waals surface area contributed by atoms with Gasteiger partial charge in [-0.15, -0.1) is 0 Å². The third-order valence-corrected chi connectivity index (χ3v) is 4.17. The number of aliphatic carboxylic acids is 1. The van der Waals surface area contributed by atoms with Gasteiger partial charge >= 0.3 is 12.1 Å². The van der Waals surface area contributed by atoms with Crippen molar-refractivity contribution in [2.75, 3.05) is 0 Å². The van der Waals surface area contributed by atoms with Crippen LogP contribution in [0.15, 0.2) is 0 Å². The third kappa shape index (κ3) is 10.8.